The summed E-state index contributed by atoms with van der Waals surface area (Å²) < 4.78 is 0. The van der Waals surface area contributed by atoms with Gasteiger partial charge in [-0.2, -0.15) is 12.6 Å². The number of carboxylic acid groups (broad SMARTS) is 1. The highest BCUT2D eigenvalue weighted by Gasteiger charge is 2.17. The van der Waals surface area contributed by atoms with Gasteiger partial charge in [0.1, 0.15) is 11.8 Å². The predicted molar refractivity (Wildman–Crippen MR) is 230 cm³/mol. The van der Waals surface area contributed by atoms with E-state index in [1.54, 1.807) is 20.9 Å². The van der Waals surface area contributed by atoms with Gasteiger partial charge in [-0.1, -0.05) is 149 Å². The van der Waals surface area contributed by atoms with Crippen molar-refractivity contribution in [1.29, 1.82) is 0 Å². The smallest absolute Gasteiger partial charge is 0.320 e. The van der Waals surface area contributed by atoms with Crippen LogP contribution >= 0.6 is 12.6 Å². The SMILES string of the molecule is CC.CC.CC.CCC.CCC(N)C(=O)O.CCCC.CCCCC.CCC[C@@H](NC=O)[C@H](CS)NCC.CCNC(C)=O.CNCC(C)=O. The van der Waals surface area contributed by atoms with Gasteiger partial charge >= 0.3 is 5.97 Å². The lowest BCUT2D eigenvalue weighted by atomic mass is 10.1. The Hall–Kier alpha value is -1.69. The lowest BCUT2D eigenvalue weighted by Crippen LogP contribution is -2.48. The highest BCUT2D eigenvalue weighted by molar-refractivity contribution is 7.80. The molecule has 0 aromatic heterocycles. The Morgan fingerprint density at radius 3 is 1.26 bits per heavy atom. The average Bonchev–Trinajstić information content (AvgIpc) is 3.11. The van der Waals surface area contributed by atoms with E-state index in [0.717, 1.165) is 38.1 Å². The van der Waals surface area contributed by atoms with Crippen molar-refractivity contribution in [3.8, 4) is 0 Å². The molecule has 0 spiro atoms. The predicted octanol–water partition coefficient (Wildman–Crippen LogP) is 9.05. The van der Waals surface area contributed by atoms with Gasteiger partial charge < -0.3 is 32.1 Å². The summed E-state index contributed by atoms with van der Waals surface area (Å²) in [6.45, 7) is 38.0. The molecule has 0 aromatic rings. The third-order valence-corrected chi connectivity index (χ3v) is 5.24. The maximum Gasteiger partial charge on any atom is 0.320 e. The number of carbonyl (C=O) groups is 4. The lowest BCUT2D eigenvalue weighted by molar-refractivity contribution is -0.138. The van der Waals surface area contributed by atoms with Crippen molar-refractivity contribution in [3.05, 3.63) is 0 Å². The number of likely N-dealkylation sites (N-methyl/N-ethyl adjacent to an activating group) is 2. The van der Waals surface area contributed by atoms with E-state index in [9.17, 15) is 19.2 Å². The van der Waals surface area contributed by atoms with Gasteiger partial charge in [0.25, 0.3) is 0 Å². The summed E-state index contributed by atoms with van der Waals surface area (Å²) in [5, 5.41) is 19.5. The molecule has 0 saturated carbocycles. The maximum atomic E-state index is 10.4. The summed E-state index contributed by atoms with van der Waals surface area (Å²) in [7, 11) is 1.75. The first-order valence-corrected chi connectivity index (χ1v) is 20.3. The summed E-state index contributed by atoms with van der Waals surface area (Å²) in [5.41, 5.74) is 5.02. The zero-order chi connectivity index (χ0) is 42.2. The first kappa shape index (κ1) is 73.7. The fourth-order valence-corrected chi connectivity index (χ4v) is 2.80. The van der Waals surface area contributed by atoms with Crippen LogP contribution in [0.2, 0.25) is 0 Å². The quantitative estimate of drug-likeness (QED) is 0.0608. The molecule has 0 radical (unpaired) electrons. The standard InChI is InChI=1S/C9H20N2OS.C5H12.C4H9NO2.2C4H9NO.C4H10.C3H8.3C2H6/c1-3-5-8(11-7-12)9(6-13)10-4-2;1-3-5-4-2;1-2-3(5)4(6)7;1-4(6)3-5-2;1-3-5-4(2)6;1-3-4-2;1-3-2;3*1-2/h7-10,13H,3-6H2,1-2H3,(H,11,12);3-5H2,1-2H3;3H,2,5H2,1H3,(H,6,7);5H,3H2,1-2H3;3H2,1-2H3,(H,5,6);3-4H2,1-2H3;3H2,1-2H3;3*1-2H3/t8-,9+;;;;;;;;;/m1........./s1. The third-order valence-electron chi connectivity index (χ3n) is 4.85. The number of hydrogen-bond donors (Lipinski definition) is 7. The van der Waals surface area contributed by atoms with Crippen molar-refractivity contribution in [2.75, 3.05) is 32.4 Å². The molecule has 0 fully saturated rings. The molecular weight excluding hydrogens is 651 g/mol. The van der Waals surface area contributed by atoms with E-state index in [1.165, 1.54) is 45.4 Å². The molecule has 2 amide bonds. The highest BCUT2D eigenvalue weighted by Crippen LogP contribution is 2.03. The van der Waals surface area contributed by atoms with Crippen LogP contribution in [0.4, 0.5) is 0 Å². The second-order valence-electron chi connectivity index (χ2n) is 9.76. The number of rotatable bonds is 16. The van der Waals surface area contributed by atoms with Gasteiger partial charge in [-0.25, -0.2) is 0 Å². The molecule has 0 aliphatic heterocycles. The minimum Gasteiger partial charge on any atom is -0.480 e. The minimum absolute atomic E-state index is 0.0394. The normalized spacial score (nSPS) is 9.86. The molecule has 10 nitrogen and oxygen atoms in total. The van der Waals surface area contributed by atoms with Crippen molar-refractivity contribution >= 4 is 36.7 Å². The molecule has 0 aliphatic rings. The van der Waals surface area contributed by atoms with Gasteiger partial charge in [0, 0.05) is 31.3 Å². The zero-order valence-electron chi connectivity index (χ0n) is 37.1. The Morgan fingerprint density at radius 2 is 1.16 bits per heavy atom. The largest absolute Gasteiger partial charge is 0.480 e. The van der Waals surface area contributed by atoms with Crippen LogP contribution in [0.3, 0.4) is 0 Å². The summed E-state index contributed by atoms with van der Waals surface area (Å²) >= 11 is 4.26. The molecule has 0 saturated heterocycles. The van der Waals surface area contributed by atoms with Gasteiger partial charge in [-0.15, -0.1) is 0 Å². The highest BCUT2D eigenvalue weighted by atomic mass is 32.1. The van der Waals surface area contributed by atoms with Crippen molar-refractivity contribution < 1.29 is 24.3 Å². The first-order valence-electron chi connectivity index (χ1n) is 19.7. The number of Topliss-reactive ketones (excluding diaryl/α,β-unsaturated/α-hetero) is 1. The molecule has 0 bridgehead atoms. The van der Waals surface area contributed by atoms with E-state index in [-0.39, 0.29) is 23.8 Å². The van der Waals surface area contributed by atoms with Crippen molar-refractivity contribution in [2.45, 2.75) is 201 Å². The van der Waals surface area contributed by atoms with Gasteiger partial charge in [-0.05, 0) is 40.3 Å². The van der Waals surface area contributed by atoms with Gasteiger partial charge in [0.2, 0.25) is 12.3 Å². The summed E-state index contributed by atoms with van der Waals surface area (Å²) in [4.78, 5) is 40.1. The van der Waals surface area contributed by atoms with Crippen molar-refractivity contribution in [3.63, 3.8) is 0 Å². The minimum atomic E-state index is -0.928. The summed E-state index contributed by atoms with van der Waals surface area (Å²) in [6, 6.07) is -0.196. The number of amides is 2. The Bertz CT molecular complexity index is 541. The topological polar surface area (TPSA) is 163 Å². The molecule has 0 aromatic carbocycles. The molecule has 50 heavy (non-hydrogen) atoms. The van der Waals surface area contributed by atoms with Crippen molar-refractivity contribution in [2.24, 2.45) is 5.73 Å². The number of hydrogen-bond acceptors (Lipinski definition) is 8. The van der Waals surface area contributed by atoms with Crippen LogP contribution in [-0.2, 0) is 19.2 Å². The molecule has 0 aliphatic carbocycles. The second kappa shape index (κ2) is 86.2. The maximum absolute atomic E-state index is 10.4. The van der Waals surface area contributed by atoms with Gasteiger partial charge in [-0.3, -0.25) is 19.2 Å². The Labute approximate surface area is 320 Å². The van der Waals surface area contributed by atoms with Crippen LogP contribution in [-0.4, -0.2) is 79.7 Å². The van der Waals surface area contributed by atoms with E-state index in [2.05, 4.69) is 89.3 Å². The van der Waals surface area contributed by atoms with Gasteiger partial charge in [0.05, 0.1) is 6.54 Å². The van der Waals surface area contributed by atoms with E-state index in [4.69, 9.17) is 10.8 Å². The van der Waals surface area contributed by atoms with Gasteiger partial charge in [0.15, 0.2) is 0 Å². The molecule has 3 atom stereocenters. The molecule has 11 heteroatoms. The van der Waals surface area contributed by atoms with Crippen LogP contribution in [0.5, 0.6) is 0 Å². The molecule has 1 unspecified atom stereocenters. The van der Waals surface area contributed by atoms with E-state index < -0.39 is 12.0 Å². The molecule has 312 valence electrons. The molecule has 0 heterocycles. The van der Waals surface area contributed by atoms with E-state index in [1.807, 2.05) is 48.5 Å². The Kier molecular flexibility index (Phi) is 127. The number of unbranched alkanes of at least 4 members (excludes halogenated alkanes) is 3. The van der Waals surface area contributed by atoms with E-state index >= 15 is 0 Å². The van der Waals surface area contributed by atoms with E-state index in [0.29, 0.717) is 13.0 Å². The van der Waals surface area contributed by atoms with Crippen LogP contribution in [0.1, 0.15) is 182 Å². The summed E-state index contributed by atoms with van der Waals surface area (Å²) in [6.07, 6.45) is 11.3. The first-order chi connectivity index (χ1) is 23.8. The number of carboxylic acids is 1. The molecule has 0 rings (SSSR count). The number of nitrogens with two attached hydrogens (primary N) is 1. The van der Waals surface area contributed by atoms with Crippen LogP contribution < -0.4 is 27.0 Å². The van der Waals surface area contributed by atoms with Crippen molar-refractivity contribution in [1.82, 2.24) is 21.3 Å². The lowest BCUT2D eigenvalue weighted by Gasteiger charge is -2.25. The number of aliphatic carboxylic acids is 1. The fourth-order valence-electron chi connectivity index (χ4n) is 2.42. The second-order valence-corrected chi connectivity index (χ2v) is 10.1. The Morgan fingerprint density at radius 1 is 0.740 bits per heavy atom. The van der Waals surface area contributed by atoms with Crippen LogP contribution in [0.25, 0.3) is 0 Å². The van der Waals surface area contributed by atoms with Crippen LogP contribution in [0.15, 0.2) is 0 Å². The average molecular weight is 746 g/mol. The monoisotopic (exact) mass is 746 g/mol. The molecular formula is C39H95N5O5S. The number of ketones is 1. The van der Waals surface area contributed by atoms with Crippen LogP contribution in [0, 0.1) is 0 Å². The number of thiol groups is 1. The zero-order valence-corrected chi connectivity index (χ0v) is 38.0. The number of nitrogens with one attached hydrogen (secondary N) is 4. The summed E-state index contributed by atoms with van der Waals surface area (Å²) in [5.74, 6) is 0.0387. The fraction of sp³-hybridized carbons (Fsp3) is 0.897. The Balaban J connectivity index is -0.0000000475. The number of carbonyl (C=O) groups excluding carboxylic acids is 3. The third kappa shape index (κ3) is 119. The molecule has 7 N–H and O–H groups in total.